The van der Waals surface area contributed by atoms with Crippen molar-refractivity contribution in [1.82, 2.24) is 0 Å². The van der Waals surface area contributed by atoms with Crippen molar-refractivity contribution in [2.45, 2.75) is 70.1 Å². The summed E-state index contributed by atoms with van der Waals surface area (Å²) in [4.78, 5) is 30.0. The van der Waals surface area contributed by atoms with E-state index in [-0.39, 0.29) is 24.0 Å². The van der Waals surface area contributed by atoms with Crippen LogP contribution in [0.3, 0.4) is 0 Å². The summed E-state index contributed by atoms with van der Waals surface area (Å²) < 4.78 is 10.9. The van der Waals surface area contributed by atoms with Crippen molar-refractivity contribution in [3.8, 4) is 17.6 Å². The summed E-state index contributed by atoms with van der Waals surface area (Å²) in [5.74, 6) is 0.905. The van der Waals surface area contributed by atoms with Gasteiger partial charge < -0.3 is 9.47 Å². The van der Waals surface area contributed by atoms with Gasteiger partial charge in [-0.05, 0) is 61.8 Å². The number of aryl methyl sites for hydroxylation is 1. The number of anilines is 1. The number of nitriles is 1. The van der Waals surface area contributed by atoms with Crippen molar-refractivity contribution in [3.05, 3.63) is 51.0 Å². The number of hydrogen-bond donors (Lipinski definition) is 0. The number of ether oxygens (including phenoxy) is 2. The van der Waals surface area contributed by atoms with E-state index >= 15 is 0 Å². The number of hydrogen-bond acceptors (Lipinski definition) is 6. The average molecular weight is 491 g/mol. The highest BCUT2D eigenvalue weighted by Gasteiger charge is 2.41. The fraction of sp³-hybridized carbons (Fsp3) is 0.464. The molecule has 0 bridgehead atoms. The Hall–Kier alpha value is -3.11. The monoisotopic (exact) mass is 490 g/mol. The molecule has 1 aromatic heterocycles. The minimum Gasteiger partial charge on any atom is -0.493 e. The topological polar surface area (TPSA) is 79.6 Å². The lowest BCUT2D eigenvalue weighted by Crippen LogP contribution is -2.40. The lowest BCUT2D eigenvalue weighted by atomic mass is 9.77. The number of rotatable bonds is 4. The van der Waals surface area contributed by atoms with Gasteiger partial charge in [-0.3, -0.25) is 14.5 Å². The highest BCUT2D eigenvalue weighted by Crippen LogP contribution is 2.48. The maximum Gasteiger partial charge on any atom is 0.232 e. The number of fused-ring (bicyclic) bond motifs is 1. The molecule has 2 heterocycles. The van der Waals surface area contributed by atoms with Gasteiger partial charge in [0.2, 0.25) is 5.91 Å². The van der Waals surface area contributed by atoms with E-state index in [4.69, 9.17) is 9.47 Å². The molecule has 6 nitrogen and oxygen atoms in total. The van der Waals surface area contributed by atoms with Gasteiger partial charge in [0.15, 0.2) is 17.3 Å². The smallest absolute Gasteiger partial charge is 0.232 e. The van der Waals surface area contributed by atoms with Crippen LogP contribution in [0.4, 0.5) is 5.00 Å². The quantitative estimate of drug-likeness (QED) is 0.539. The Labute approximate surface area is 210 Å². The van der Waals surface area contributed by atoms with E-state index in [2.05, 4.69) is 6.07 Å². The third-order valence-corrected chi connectivity index (χ3v) is 8.73. The zero-order chi connectivity index (χ0) is 24.5. The molecule has 2 aliphatic carbocycles. The summed E-state index contributed by atoms with van der Waals surface area (Å²) in [7, 11) is 3.17. The predicted octanol–water partition coefficient (Wildman–Crippen LogP) is 5.82. The van der Waals surface area contributed by atoms with Crippen molar-refractivity contribution in [3.63, 3.8) is 0 Å². The van der Waals surface area contributed by atoms with E-state index in [9.17, 15) is 14.9 Å². The van der Waals surface area contributed by atoms with Gasteiger partial charge in [0.1, 0.15) is 11.1 Å². The maximum absolute atomic E-state index is 13.8. The van der Waals surface area contributed by atoms with E-state index in [0.29, 0.717) is 41.9 Å². The lowest BCUT2D eigenvalue weighted by Gasteiger charge is -2.38. The van der Waals surface area contributed by atoms with Gasteiger partial charge in [0.05, 0.1) is 19.8 Å². The van der Waals surface area contributed by atoms with E-state index in [1.807, 2.05) is 18.2 Å². The first-order valence-corrected chi connectivity index (χ1v) is 13.2. The maximum atomic E-state index is 13.8. The molecule has 2 aromatic rings. The molecule has 35 heavy (non-hydrogen) atoms. The highest BCUT2D eigenvalue weighted by atomic mass is 32.1. The predicted molar refractivity (Wildman–Crippen MR) is 135 cm³/mol. The fourth-order valence-corrected chi connectivity index (χ4v) is 7.14. The fourth-order valence-electron chi connectivity index (χ4n) is 5.76. The summed E-state index contributed by atoms with van der Waals surface area (Å²) in [6, 6.07) is 8.04. The standard InChI is InChI=1S/C28H30N2O4S/c1-33-23-13-12-17(14-24(23)34-2)19-15-26(32)30(21-9-7-10-22(31)27(19)21)28-20(16-29)18-8-5-3-4-6-11-25(18)35-28/h12-14,19H,3-11,15H2,1-2H3/t19-/m1/s1. The normalized spacial score (nSPS) is 20.5. The van der Waals surface area contributed by atoms with Crippen molar-refractivity contribution in [2.24, 2.45) is 0 Å². The van der Waals surface area contributed by atoms with Crippen LogP contribution in [0, 0.1) is 11.3 Å². The number of ketones is 1. The summed E-state index contributed by atoms with van der Waals surface area (Å²) in [6.45, 7) is 0. The zero-order valence-electron chi connectivity index (χ0n) is 20.3. The molecule has 0 radical (unpaired) electrons. The number of methoxy groups -OCH3 is 2. The van der Waals surface area contributed by atoms with Crippen LogP contribution in [-0.4, -0.2) is 25.9 Å². The number of carbonyl (C=O) groups is 2. The molecule has 5 rings (SSSR count). The van der Waals surface area contributed by atoms with E-state index in [1.165, 1.54) is 17.7 Å². The molecule has 0 N–H and O–H groups in total. The Bertz CT molecular complexity index is 1250. The molecular weight excluding hydrogens is 460 g/mol. The van der Waals surface area contributed by atoms with Gasteiger partial charge in [0, 0.05) is 34.9 Å². The number of thiophene rings is 1. The molecule has 0 spiro atoms. The molecule has 0 fully saturated rings. The lowest BCUT2D eigenvalue weighted by molar-refractivity contribution is -0.119. The molecule has 3 aliphatic rings. The van der Waals surface area contributed by atoms with E-state index in [0.717, 1.165) is 47.5 Å². The van der Waals surface area contributed by atoms with Crippen LogP contribution >= 0.6 is 11.3 Å². The third kappa shape index (κ3) is 4.14. The Kier molecular flexibility index (Phi) is 6.66. The number of Topliss-reactive ketones (excluding diaryl/α,β-unsaturated/α-hetero) is 1. The Morgan fingerprint density at radius 3 is 2.49 bits per heavy atom. The van der Waals surface area contributed by atoms with Gasteiger partial charge in [0.25, 0.3) is 0 Å². The molecule has 1 amide bonds. The molecule has 1 aromatic carbocycles. The Balaban J connectivity index is 1.64. The minimum atomic E-state index is -0.326. The third-order valence-electron chi connectivity index (χ3n) is 7.45. The number of allylic oxidation sites excluding steroid dienone is 2. The second-order valence-corrected chi connectivity index (χ2v) is 10.5. The summed E-state index contributed by atoms with van der Waals surface area (Å²) in [5, 5.41) is 10.9. The SMILES string of the molecule is COc1ccc([C@H]2CC(=O)N(c3sc4c(c3C#N)CCCCCC4)C3=C2C(=O)CCC3)cc1OC. The summed E-state index contributed by atoms with van der Waals surface area (Å²) in [6.07, 6.45) is 8.44. The molecular formula is C28H30N2O4S. The Morgan fingerprint density at radius 2 is 1.74 bits per heavy atom. The minimum absolute atomic E-state index is 0.0519. The molecule has 182 valence electrons. The Morgan fingerprint density at radius 1 is 0.971 bits per heavy atom. The molecule has 1 aliphatic heterocycles. The van der Waals surface area contributed by atoms with Gasteiger partial charge in [-0.2, -0.15) is 5.26 Å². The summed E-state index contributed by atoms with van der Waals surface area (Å²) in [5.41, 5.74) is 4.12. The zero-order valence-corrected chi connectivity index (χ0v) is 21.1. The number of nitrogens with zero attached hydrogens (tertiary/aromatic N) is 2. The second kappa shape index (κ2) is 9.87. The first-order chi connectivity index (χ1) is 17.1. The van der Waals surface area contributed by atoms with Crippen LogP contribution in [0.2, 0.25) is 0 Å². The van der Waals surface area contributed by atoms with E-state index in [1.54, 1.807) is 30.5 Å². The largest absolute Gasteiger partial charge is 0.493 e. The first-order valence-electron chi connectivity index (χ1n) is 12.4. The van der Waals surface area contributed by atoms with Crippen LogP contribution < -0.4 is 14.4 Å². The molecule has 1 atom stereocenters. The van der Waals surface area contributed by atoms with Crippen molar-refractivity contribution in [2.75, 3.05) is 19.1 Å². The van der Waals surface area contributed by atoms with E-state index < -0.39 is 0 Å². The van der Waals surface area contributed by atoms with Gasteiger partial charge in [-0.15, -0.1) is 11.3 Å². The van der Waals surface area contributed by atoms with Crippen molar-refractivity contribution in [1.29, 1.82) is 5.26 Å². The molecule has 7 heteroatoms. The van der Waals surface area contributed by atoms with Gasteiger partial charge in [-0.25, -0.2) is 0 Å². The highest BCUT2D eigenvalue weighted by molar-refractivity contribution is 7.16. The molecule has 0 saturated heterocycles. The van der Waals surface area contributed by atoms with Gasteiger partial charge >= 0.3 is 0 Å². The van der Waals surface area contributed by atoms with Crippen LogP contribution in [0.25, 0.3) is 0 Å². The second-order valence-electron chi connectivity index (χ2n) is 9.45. The molecule has 0 saturated carbocycles. The van der Waals surface area contributed by atoms with Crippen LogP contribution in [0.15, 0.2) is 29.5 Å². The van der Waals surface area contributed by atoms with Crippen molar-refractivity contribution >= 4 is 28.0 Å². The van der Waals surface area contributed by atoms with Crippen LogP contribution in [0.1, 0.15) is 78.9 Å². The number of carbonyl (C=O) groups excluding carboxylic acids is 2. The van der Waals surface area contributed by atoms with Gasteiger partial charge in [-0.1, -0.05) is 18.9 Å². The van der Waals surface area contributed by atoms with Crippen LogP contribution in [0.5, 0.6) is 11.5 Å². The average Bonchev–Trinajstić information content (AvgIpc) is 3.18. The molecule has 0 unspecified atom stereocenters. The van der Waals surface area contributed by atoms with Crippen LogP contribution in [-0.2, 0) is 22.4 Å². The summed E-state index contributed by atoms with van der Waals surface area (Å²) >= 11 is 1.59. The number of amides is 1. The van der Waals surface area contributed by atoms with Crippen molar-refractivity contribution < 1.29 is 19.1 Å². The first kappa shape index (κ1) is 23.6. The number of benzene rings is 1.